The van der Waals surface area contributed by atoms with Crippen molar-refractivity contribution < 1.29 is 4.39 Å². The lowest BCUT2D eigenvalue weighted by Crippen LogP contribution is -1.98. The summed E-state index contributed by atoms with van der Waals surface area (Å²) in [6, 6.07) is 6.58. The molecular weight excluding hydrogens is 247 g/mol. The van der Waals surface area contributed by atoms with Crippen molar-refractivity contribution in [3.63, 3.8) is 0 Å². The Morgan fingerprint density at radius 1 is 1.28 bits per heavy atom. The zero-order valence-corrected chi connectivity index (χ0v) is 11.3. The first-order chi connectivity index (χ1) is 8.72. The van der Waals surface area contributed by atoms with Crippen molar-refractivity contribution in [3.8, 4) is 0 Å². The highest BCUT2D eigenvalue weighted by molar-refractivity contribution is 7.11. The van der Waals surface area contributed by atoms with E-state index >= 15 is 0 Å². The largest absolute Gasteiger partial charge is 0.326 e. The van der Waals surface area contributed by atoms with Gasteiger partial charge in [-0.1, -0.05) is 25.5 Å². The number of rotatable bonds is 5. The number of benzene rings is 1. The van der Waals surface area contributed by atoms with Crippen LogP contribution in [0.1, 0.15) is 34.5 Å². The fourth-order valence-electron chi connectivity index (χ4n) is 1.88. The van der Waals surface area contributed by atoms with Gasteiger partial charge in [0.2, 0.25) is 0 Å². The molecule has 0 fully saturated rings. The van der Waals surface area contributed by atoms with Gasteiger partial charge in [0.15, 0.2) is 0 Å². The molecule has 1 aromatic heterocycles. The predicted octanol–water partition coefficient (Wildman–Crippen LogP) is 3.28. The molecule has 0 saturated carbocycles. The number of hydrogen-bond acceptors (Lipinski definition) is 3. The molecule has 4 heteroatoms. The summed E-state index contributed by atoms with van der Waals surface area (Å²) in [7, 11) is 0. The lowest BCUT2D eigenvalue weighted by atomic mass is 10.1. The van der Waals surface area contributed by atoms with E-state index in [2.05, 4.69) is 11.9 Å². The third kappa shape index (κ3) is 3.15. The molecule has 2 rings (SSSR count). The topological polar surface area (TPSA) is 38.9 Å². The SMILES string of the molecule is CCCc1nc(Cc2ccc(F)cc2)sc1CN. The van der Waals surface area contributed by atoms with Gasteiger partial charge in [0.1, 0.15) is 5.82 Å². The minimum Gasteiger partial charge on any atom is -0.326 e. The Kier molecular flexibility index (Phi) is 4.44. The van der Waals surface area contributed by atoms with E-state index in [0.717, 1.165) is 35.5 Å². The van der Waals surface area contributed by atoms with Crippen LogP contribution in [0.25, 0.3) is 0 Å². The number of nitrogens with zero attached hydrogens (tertiary/aromatic N) is 1. The van der Waals surface area contributed by atoms with Gasteiger partial charge in [-0.25, -0.2) is 9.37 Å². The van der Waals surface area contributed by atoms with E-state index in [4.69, 9.17) is 5.73 Å². The quantitative estimate of drug-likeness (QED) is 0.900. The molecule has 96 valence electrons. The number of halogens is 1. The van der Waals surface area contributed by atoms with E-state index in [1.165, 1.54) is 17.0 Å². The summed E-state index contributed by atoms with van der Waals surface area (Å²) in [6.07, 6.45) is 2.81. The van der Waals surface area contributed by atoms with Crippen molar-refractivity contribution in [1.29, 1.82) is 0 Å². The molecule has 0 saturated heterocycles. The summed E-state index contributed by atoms with van der Waals surface area (Å²) in [6.45, 7) is 2.69. The molecule has 1 heterocycles. The normalized spacial score (nSPS) is 10.8. The van der Waals surface area contributed by atoms with Crippen LogP contribution in [0, 0.1) is 5.82 Å². The Morgan fingerprint density at radius 2 is 2.00 bits per heavy atom. The third-order valence-electron chi connectivity index (χ3n) is 2.76. The maximum atomic E-state index is 12.8. The molecule has 0 radical (unpaired) electrons. The number of thiazole rings is 1. The monoisotopic (exact) mass is 264 g/mol. The van der Waals surface area contributed by atoms with E-state index in [1.807, 2.05) is 0 Å². The average Bonchev–Trinajstić information content (AvgIpc) is 2.75. The summed E-state index contributed by atoms with van der Waals surface area (Å²) in [5.41, 5.74) is 7.94. The molecule has 2 aromatic rings. The van der Waals surface area contributed by atoms with Crippen LogP contribution >= 0.6 is 11.3 Å². The van der Waals surface area contributed by atoms with Gasteiger partial charge in [-0.05, 0) is 24.1 Å². The Hall–Kier alpha value is -1.26. The van der Waals surface area contributed by atoms with Crippen LogP contribution in [0.3, 0.4) is 0 Å². The van der Waals surface area contributed by atoms with E-state index in [0.29, 0.717) is 6.54 Å². The van der Waals surface area contributed by atoms with Gasteiger partial charge in [0, 0.05) is 17.8 Å². The fraction of sp³-hybridized carbons (Fsp3) is 0.357. The van der Waals surface area contributed by atoms with Gasteiger partial charge in [0.05, 0.1) is 10.7 Å². The van der Waals surface area contributed by atoms with Gasteiger partial charge in [-0.15, -0.1) is 11.3 Å². The second-order valence-corrected chi connectivity index (χ2v) is 5.40. The standard InChI is InChI=1S/C14H17FN2S/c1-2-3-12-13(9-16)18-14(17-12)8-10-4-6-11(15)7-5-10/h4-7H,2-3,8-9,16H2,1H3. The summed E-state index contributed by atoms with van der Waals surface area (Å²) in [5.74, 6) is -0.202. The van der Waals surface area contributed by atoms with Crippen LogP contribution in [0.5, 0.6) is 0 Å². The Balaban J connectivity index is 2.16. The molecule has 0 amide bonds. The zero-order chi connectivity index (χ0) is 13.0. The number of aromatic nitrogens is 1. The van der Waals surface area contributed by atoms with Crippen molar-refractivity contribution in [3.05, 3.63) is 51.2 Å². The maximum Gasteiger partial charge on any atom is 0.123 e. The highest BCUT2D eigenvalue weighted by Gasteiger charge is 2.09. The summed E-state index contributed by atoms with van der Waals surface area (Å²) in [5, 5.41) is 1.06. The minimum absolute atomic E-state index is 0.202. The van der Waals surface area contributed by atoms with Crippen LogP contribution < -0.4 is 5.73 Å². The molecule has 0 bridgehead atoms. The zero-order valence-electron chi connectivity index (χ0n) is 10.4. The van der Waals surface area contributed by atoms with Crippen molar-refractivity contribution in [2.45, 2.75) is 32.7 Å². The van der Waals surface area contributed by atoms with Crippen LogP contribution in [0.4, 0.5) is 4.39 Å². The summed E-state index contributed by atoms with van der Waals surface area (Å²) in [4.78, 5) is 5.81. The molecule has 1 aromatic carbocycles. The molecule has 0 aliphatic heterocycles. The van der Waals surface area contributed by atoms with E-state index < -0.39 is 0 Å². The molecule has 0 aliphatic rings. The maximum absolute atomic E-state index is 12.8. The van der Waals surface area contributed by atoms with Gasteiger partial charge < -0.3 is 5.73 Å². The Bertz CT molecular complexity index is 505. The van der Waals surface area contributed by atoms with E-state index in [9.17, 15) is 4.39 Å². The average molecular weight is 264 g/mol. The minimum atomic E-state index is -0.202. The Morgan fingerprint density at radius 3 is 2.61 bits per heavy atom. The van der Waals surface area contributed by atoms with Crippen molar-refractivity contribution in [1.82, 2.24) is 4.98 Å². The number of nitrogens with two attached hydrogens (primary N) is 1. The van der Waals surface area contributed by atoms with Crippen molar-refractivity contribution in [2.24, 2.45) is 5.73 Å². The van der Waals surface area contributed by atoms with Crippen LogP contribution in [-0.4, -0.2) is 4.98 Å². The van der Waals surface area contributed by atoms with Gasteiger partial charge in [-0.3, -0.25) is 0 Å². The van der Waals surface area contributed by atoms with Crippen LogP contribution in [0.2, 0.25) is 0 Å². The summed E-state index contributed by atoms with van der Waals surface area (Å²) >= 11 is 1.67. The predicted molar refractivity (Wildman–Crippen MR) is 73.2 cm³/mol. The number of aryl methyl sites for hydroxylation is 1. The highest BCUT2D eigenvalue weighted by Crippen LogP contribution is 2.22. The molecular formula is C14H17FN2S. The molecule has 2 nitrogen and oxygen atoms in total. The molecule has 0 spiro atoms. The summed E-state index contributed by atoms with van der Waals surface area (Å²) < 4.78 is 12.8. The van der Waals surface area contributed by atoms with Gasteiger partial charge in [0.25, 0.3) is 0 Å². The lowest BCUT2D eigenvalue weighted by Gasteiger charge is -1.97. The van der Waals surface area contributed by atoms with Crippen molar-refractivity contribution in [2.75, 3.05) is 0 Å². The number of hydrogen-bond donors (Lipinski definition) is 1. The first-order valence-corrected chi connectivity index (χ1v) is 6.96. The molecule has 0 aliphatic carbocycles. The molecule has 2 N–H and O–H groups in total. The smallest absolute Gasteiger partial charge is 0.123 e. The molecule has 18 heavy (non-hydrogen) atoms. The lowest BCUT2D eigenvalue weighted by molar-refractivity contribution is 0.627. The fourth-order valence-corrected chi connectivity index (χ4v) is 2.91. The Labute approximate surface area is 111 Å². The second kappa shape index (κ2) is 6.07. The van der Waals surface area contributed by atoms with Crippen LogP contribution in [-0.2, 0) is 19.4 Å². The van der Waals surface area contributed by atoms with Crippen molar-refractivity contribution >= 4 is 11.3 Å². The molecule has 0 atom stereocenters. The first-order valence-electron chi connectivity index (χ1n) is 6.15. The molecule has 0 unspecified atom stereocenters. The van der Waals surface area contributed by atoms with Gasteiger partial charge >= 0.3 is 0 Å². The van der Waals surface area contributed by atoms with E-state index in [1.54, 1.807) is 23.5 Å². The first kappa shape index (κ1) is 13.2. The third-order valence-corrected chi connectivity index (χ3v) is 3.88. The van der Waals surface area contributed by atoms with Crippen LogP contribution in [0.15, 0.2) is 24.3 Å². The van der Waals surface area contributed by atoms with Gasteiger partial charge in [-0.2, -0.15) is 0 Å². The van der Waals surface area contributed by atoms with E-state index in [-0.39, 0.29) is 5.82 Å². The highest BCUT2D eigenvalue weighted by atomic mass is 32.1. The second-order valence-electron chi connectivity index (χ2n) is 4.23.